The van der Waals surface area contributed by atoms with Crippen molar-refractivity contribution >= 4 is 27.5 Å². The van der Waals surface area contributed by atoms with Crippen LogP contribution in [-0.4, -0.2) is 44.3 Å². The van der Waals surface area contributed by atoms with Gasteiger partial charge in [-0.1, -0.05) is 80.4 Å². The highest BCUT2D eigenvalue weighted by Crippen LogP contribution is 2.25. The van der Waals surface area contributed by atoms with Crippen LogP contribution in [0.5, 0.6) is 0 Å². The number of hydrogen-bond acceptors (Lipinski definition) is 4. The summed E-state index contributed by atoms with van der Waals surface area (Å²) in [5.41, 5.74) is 3.21. The number of anilines is 1. The molecule has 1 N–H and O–H groups in total. The zero-order valence-corrected chi connectivity index (χ0v) is 24.1. The molecule has 0 aromatic heterocycles. The molecule has 39 heavy (non-hydrogen) atoms. The van der Waals surface area contributed by atoms with E-state index in [-0.39, 0.29) is 17.3 Å². The quantitative estimate of drug-likeness (QED) is 0.296. The van der Waals surface area contributed by atoms with Gasteiger partial charge in [0, 0.05) is 13.1 Å². The minimum atomic E-state index is -4.06. The van der Waals surface area contributed by atoms with Crippen LogP contribution in [-0.2, 0) is 26.2 Å². The van der Waals surface area contributed by atoms with Crippen molar-refractivity contribution in [2.45, 2.75) is 64.4 Å². The Kier molecular flexibility index (Phi) is 10.7. The van der Waals surface area contributed by atoms with Crippen LogP contribution < -0.4 is 9.62 Å². The first-order chi connectivity index (χ1) is 18.7. The van der Waals surface area contributed by atoms with E-state index in [9.17, 15) is 18.0 Å². The summed E-state index contributed by atoms with van der Waals surface area (Å²) in [6, 6.07) is 22.2. The predicted octanol–water partition coefficient (Wildman–Crippen LogP) is 5.22. The van der Waals surface area contributed by atoms with Crippen LogP contribution in [0.2, 0.25) is 0 Å². The molecule has 0 radical (unpaired) electrons. The van der Waals surface area contributed by atoms with E-state index in [4.69, 9.17) is 0 Å². The van der Waals surface area contributed by atoms with E-state index in [2.05, 4.69) is 5.32 Å². The van der Waals surface area contributed by atoms with Gasteiger partial charge in [-0.3, -0.25) is 13.9 Å². The van der Waals surface area contributed by atoms with Gasteiger partial charge in [0.2, 0.25) is 11.8 Å². The molecule has 0 fully saturated rings. The molecule has 3 rings (SSSR count). The fourth-order valence-corrected chi connectivity index (χ4v) is 5.77. The maximum atomic E-state index is 14.0. The lowest BCUT2D eigenvalue weighted by molar-refractivity contribution is -0.140. The van der Waals surface area contributed by atoms with Gasteiger partial charge in [0.25, 0.3) is 10.0 Å². The minimum Gasteiger partial charge on any atom is -0.354 e. The topological polar surface area (TPSA) is 86.8 Å². The first-order valence-corrected chi connectivity index (χ1v) is 14.9. The molecule has 7 nitrogen and oxygen atoms in total. The van der Waals surface area contributed by atoms with Crippen LogP contribution in [0.3, 0.4) is 0 Å². The van der Waals surface area contributed by atoms with Crippen molar-refractivity contribution in [2.24, 2.45) is 0 Å². The Morgan fingerprint density at radius 2 is 1.56 bits per heavy atom. The Morgan fingerprint density at radius 3 is 2.18 bits per heavy atom. The van der Waals surface area contributed by atoms with E-state index in [0.717, 1.165) is 33.8 Å². The van der Waals surface area contributed by atoms with Gasteiger partial charge < -0.3 is 10.2 Å². The van der Waals surface area contributed by atoms with Gasteiger partial charge in [-0.05, 0) is 62.1 Å². The van der Waals surface area contributed by atoms with Crippen molar-refractivity contribution in [1.82, 2.24) is 10.2 Å². The zero-order chi connectivity index (χ0) is 28.4. The van der Waals surface area contributed by atoms with E-state index in [1.165, 1.54) is 17.0 Å². The number of nitrogens with one attached hydrogen (secondary N) is 1. The molecule has 2 amide bonds. The summed E-state index contributed by atoms with van der Waals surface area (Å²) in [6.07, 6.45) is 2.17. The maximum absolute atomic E-state index is 14.0. The van der Waals surface area contributed by atoms with Crippen molar-refractivity contribution in [2.75, 3.05) is 17.4 Å². The van der Waals surface area contributed by atoms with E-state index < -0.39 is 28.5 Å². The van der Waals surface area contributed by atoms with Crippen LogP contribution in [0.15, 0.2) is 83.8 Å². The Morgan fingerprint density at radius 1 is 0.872 bits per heavy atom. The van der Waals surface area contributed by atoms with Crippen LogP contribution >= 0.6 is 0 Å². The average Bonchev–Trinajstić information content (AvgIpc) is 2.93. The second-order valence-electron chi connectivity index (χ2n) is 9.74. The van der Waals surface area contributed by atoms with E-state index in [1.54, 1.807) is 36.4 Å². The first kappa shape index (κ1) is 29.9. The second kappa shape index (κ2) is 13.9. The second-order valence-corrected chi connectivity index (χ2v) is 11.6. The standard InChI is InChI=1S/C31H39N3O4S/c1-5-7-20-32-31(36)29(6-2)33(22-26-18-16-24(3)17-19-26)30(35)23-34(27-13-11-12-25(4)21-27)39(37,38)28-14-9-8-10-15-28/h8-19,21,29H,5-7,20,22-23H2,1-4H3,(H,32,36)/t29-/m0/s1. The molecule has 1 atom stereocenters. The number of benzene rings is 3. The number of carbonyl (C=O) groups excluding carboxylic acids is 2. The van der Waals surface area contributed by atoms with Crippen LogP contribution in [0.1, 0.15) is 49.8 Å². The molecule has 0 spiro atoms. The number of nitrogens with zero attached hydrogens (tertiary/aromatic N) is 2. The Bertz CT molecular complexity index is 1340. The molecule has 0 heterocycles. The van der Waals surface area contributed by atoms with Crippen molar-refractivity contribution < 1.29 is 18.0 Å². The number of hydrogen-bond donors (Lipinski definition) is 1. The number of unbranched alkanes of at least 4 members (excludes halogenated alkanes) is 1. The smallest absolute Gasteiger partial charge is 0.264 e. The molecule has 0 aliphatic heterocycles. The number of rotatable bonds is 13. The summed E-state index contributed by atoms with van der Waals surface area (Å²) >= 11 is 0. The van der Waals surface area contributed by atoms with Gasteiger partial charge in [-0.2, -0.15) is 0 Å². The Balaban J connectivity index is 2.02. The fraction of sp³-hybridized carbons (Fsp3) is 0.355. The van der Waals surface area contributed by atoms with Gasteiger partial charge in [-0.15, -0.1) is 0 Å². The van der Waals surface area contributed by atoms with Crippen molar-refractivity contribution in [1.29, 1.82) is 0 Å². The van der Waals surface area contributed by atoms with Crippen molar-refractivity contribution in [3.05, 3.63) is 95.6 Å². The van der Waals surface area contributed by atoms with Crippen LogP contribution in [0.4, 0.5) is 5.69 Å². The molecule has 0 aliphatic carbocycles. The predicted molar refractivity (Wildman–Crippen MR) is 156 cm³/mol. The largest absolute Gasteiger partial charge is 0.354 e. The zero-order valence-electron chi connectivity index (χ0n) is 23.3. The van der Waals surface area contributed by atoms with Gasteiger partial charge in [-0.25, -0.2) is 8.42 Å². The molecule has 0 saturated heterocycles. The number of amides is 2. The molecule has 0 aliphatic rings. The summed E-state index contributed by atoms with van der Waals surface area (Å²) in [7, 11) is -4.06. The van der Waals surface area contributed by atoms with Gasteiger partial charge in [0.05, 0.1) is 10.6 Å². The maximum Gasteiger partial charge on any atom is 0.264 e. The monoisotopic (exact) mass is 549 g/mol. The molecular weight excluding hydrogens is 510 g/mol. The Hall–Kier alpha value is -3.65. The summed E-state index contributed by atoms with van der Waals surface area (Å²) in [5.74, 6) is -0.687. The highest BCUT2D eigenvalue weighted by Gasteiger charge is 2.33. The molecule has 208 valence electrons. The highest BCUT2D eigenvalue weighted by atomic mass is 32.2. The third-order valence-corrected chi connectivity index (χ3v) is 8.38. The van der Waals surface area contributed by atoms with E-state index >= 15 is 0 Å². The lowest BCUT2D eigenvalue weighted by Crippen LogP contribution is -2.52. The van der Waals surface area contributed by atoms with E-state index in [1.807, 2.05) is 58.0 Å². The van der Waals surface area contributed by atoms with Gasteiger partial charge in [0.15, 0.2) is 0 Å². The molecule has 3 aromatic rings. The van der Waals surface area contributed by atoms with Crippen molar-refractivity contribution in [3.63, 3.8) is 0 Å². The molecule has 3 aromatic carbocycles. The molecule has 0 unspecified atom stereocenters. The molecule has 0 bridgehead atoms. The molecule has 8 heteroatoms. The third kappa shape index (κ3) is 7.93. The first-order valence-electron chi connectivity index (χ1n) is 13.4. The van der Waals surface area contributed by atoms with Gasteiger partial charge in [0.1, 0.15) is 12.6 Å². The number of sulfonamides is 1. The third-order valence-electron chi connectivity index (χ3n) is 6.59. The fourth-order valence-electron chi connectivity index (χ4n) is 4.35. The molecular formula is C31H39N3O4S. The van der Waals surface area contributed by atoms with Gasteiger partial charge >= 0.3 is 0 Å². The lowest BCUT2D eigenvalue weighted by Gasteiger charge is -2.33. The number of carbonyl (C=O) groups is 2. The summed E-state index contributed by atoms with van der Waals surface area (Å²) in [5, 5.41) is 2.95. The van der Waals surface area contributed by atoms with Crippen LogP contribution in [0.25, 0.3) is 0 Å². The van der Waals surface area contributed by atoms with Crippen molar-refractivity contribution in [3.8, 4) is 0 Å². The molecule has 0 saturated carbocycles. The SMILES string of the molecule is CCCCNC(=O)[C@H](CC)N(Cc1ccc(C)cc1)C(=O)CN(c1cccc(C)c1)S(=O)(=O)c1ccccc1. The number of aryl methyl sites for hydroxylation is 2. The lowest BCUT2D eigenvalue weighted by atomic mass is 10.1. The summed E-state index contributed by atoms with van der Waals surface area (Å²) in [4.78, 5) is 28.9. The normalized spacial score (nSPS) is 12.0. The van der Waals surface area contributed by atoms with E-state index in [0.29, 0.717) is 18.7 Å². The average molecular weight is 550 g/mol. The summed E-state index contributed by atoms with van der Waals surface area (Å²) in [6.45, 7) is 8.03. The van der Waals surface area contributed by atoms with Crippen LogP contribution in [0, 0.1) is 13.8 Å². The Labute approximate surface area is 232 Å². The minimum absolute atomic E-state index is 0.0914. The highest BCUT2D eigenvalue weighted by molar-refractivity contribution is 7.92. The summed E-state index contributed by atoms with van der Waals surface area (Å²) < 4.78 is 28.8.